The van der Waals surface area contributed by atoms with Gasteiger partial charge in [-0.2, -0.15) is 4.98 Å². The van der Waals surface area contributed by atoms with Gasteiger partial charge in [0.25, 0.3) is 0 Å². The molecule has 1 aliphatic rings. The number of amides is 1. The van der Waals surface area contributed by atoms with Gasteiger partial charge in [0, 0.05) is 30.5 Å². The highest BCUT2D eigenvalue weighted by molar-refractivity contribution is 7.99. The maximum Gasteiger partial charge on any atom is 0.360 e. The molecule has 0 atom stereocenters. The van der Waals surface area contributed by atoms with Crippen molar-refractivity contribution >= 4 is 35.0 Å². The minimum atomic E-state index is -0.660. The molecule has 1 saturated heterocycles. The highest BCUT2D eigenvalue weighted by Gasteiger charge is 2.26. The number of piperidine rings is 1. The molecule has 1 amide bonds. The molecule has 10 nitrogen and oxygen atoms in total. The number of ether oxygens (including phenoxy) is 1. The van der Waals surface area contributed by atoms with Crippen molar-refractivity contribution in [3.63, 3.8) is 0 Å². The molecule has 0 unspecified atom stereocenters. The third-order valence-electron chi connectivity index (χ3n) is 5.04. The summed E-state index contributed by atoms with van der Waals surface area (Å²) in [5.41, 5.74) is 0.0422. The molecular formula is C20H20FN5O5S2. The molecule has 0 aromatic carbocycles. The van der Waals surface area contributed by atoms with Crippen LogP contribution in [0.3, 0.4) is 0 Å². The van der Waals surface area contributed by atoms with Gasteiger partial charge < -0.3 is 14.2 Å². The number of thioether (sulfide) groups is 1. The molecule has 0 bridgehead atoms. The van der Waals surface area contributed by atoms with Crippen molar-refractivity contribution in [2.45, 2.75) is 30.7 Å². The van der Waals surface area contributed by atoms with Crippen LogP contribution >= 0.6 is 23.1 Å². The second-order valence-electron chi connectivity index (χ2n) is 7.18. The Bertz CT molecular complexity index is 1200. The normalized spacial score (nSPS) is 14.4. The monoisotopic (exact) mass is 493 g/mol. The molecule has 33 heavy (non-hydrogen) atoms. The lowest BCUT2D eigenvalue weighted by Gasteiger charge is -2.31. The number of halogens is 1. The first kappa shape index (κ1) is 23.1. The standard InChI is InChI=1S/C20H20FN5O5S2/c1-2-30-19(28)13-7-15(31-25-13)14-9-32-17(23-14)11-3-5-26(6-4-11)16(27)10-33-18-12(21)8-22-20(29)24-18/h7-9,11H,2-6,10H2,1H3,(H,22,24,29). The van der Waals surface area contributed by atoms with Gasteiger partial charge in [-0.15, -0.1) is 11.3 Å². The van der Waals surface area contributed by atoms with Gasteiger partial charge in [-0.25, -0.2) is 19.0 Å². The fraction of sp³-hybridized carbons (Fsp3) is 0.400. The van der Waals surface area contributed by atoms with Crippen molar-refractivity contribution in [3.8, 4) is 11.5 Å². The quantitative estimate of drug-likeness (QED) is 0.300. The van der Waals surface area contributed by atoms with E-state index in [1.54, 1.807) is 11.8 Å². The zero-order valence-corrected chi connectivity index (χ0v) is 19.2. The van der Waals surface area contributed by atoms with Gasteiger partial charge in [-0.1, -0.05) is 16.9 Å². The highest BCUT2D eigenvalue weighted by Crippen LogP contribution is 2.33. The average Bonchev–Trinajstić information content (AvgIpc) is 3.50. The van der Waals surface area contributed by atoms with Crippen LogP contribution in [0, 0.1) is 5.82 Å². The number of H-pyrrole nitrogens is 1. The van der Waals surface area contributed by atoms with E-state index in [0.717, 1.165) is 35.8 Å². The molecule has 13 heteroatoms. The van der Waals surface area contributed by atoms with Crippen LogP contribution in [-0.4, -0.2) is 62.3 Å². The molecule has 3 aromatic rings. The first-order chi connectivity index (χ1) is 15.9. The van der Waals surface area contributed by atoms with Gasteiger partial charge >= 0.3 is 11.7 Å². The Kier molecular flexibility index (Phi) is 7.18. The number of carbonyl (C=O) groups excluding carboxylic acids is 2. The number of hydrogen-bond donors (Lipinski definition) is 1. The lowest BCUT2D eigenvalue weighted by molar-refractivity contribution is -0.129. The molecule has 0 spiro atoms. The predicted octanol–water partition coefficient (Wildman–Crippen LogP) is 2.70. The highest BCUT2D eigenvalue weighted by atomic mass is 32.2. The topological polar surface area (TPSA) is 131 Å². The van der Waals surface area contributed by atoms with Crippen molar-refractivity contribution in [2.24, 2.45) is 0 Å². The average molecular weight is 494 g/mol. The lowest BCUT2D eigenvalue weighted by Crippen LogP contribution is -2.39. The second-order valence-corrected chi connectivity index (χ2v) is 9.05. The summed E-state index contributed by atoms with van der Waals surface area (Å²) in [4.78, 5) is 47.5. The van der Waals surface area contributed by atoms with E-state index in [0.29, 0.717) is 24.5 Å². The summed E-state index contributed by atoms with van der Waals surface area (Å²) in [6.45, 7) is 3.08. The van der Waals surface area contributed by atoms with E-state index in [2.05, 4.69) is 20.1 Å². The third kappa shape index (κ3) is 5.47. The van der Waals surface area contributed by atoms with Crippen molar-refractivity contribution in [1.29, 1.82) is 0 Å². The maximum atomic E-state index is 13.7. The van der Waals surface area contributed by atoms with Crippen LogP contribution < -0.4 is 5.69 Å². The zero-order valence-electron chi connectivity index (χ0n) is 17.6. The van der Waals surface area contributed by atoms with Gasteiger partial charge in [0.15, 0.2) is 17.3 Å². The molecule has 0 aliphatic carbocycles. The number of likely N-dealkylation sites (tertiary alicyclic amines) is 1. The molecule has 4 rings (SSSR count). The van der Waals surface area contributed by atoms with E-state index in [9.17, 15) is 18.8 Å². The Morgan fingerprint density at radius 2 is 2.18 bits per heavy atom. The number of thiazole rings is 1. The van der Waals surface area contributed by atoms with E-state index in [4.69, 9.17) is 9.26 Å². The number of hydrogen-bond acceptors (Lipinski definition) is 10. The van der Waals surface area contributed by atoms with Gasteiger partial charge in [-0.05, 0) is 19.8 Å². The summed E-state index contributed by atoms with van der Waals surface area (Å²) in [6, 6.07) is 1.51. The molecule has 174 valence electrons. The number of nitrogens with one attached hydrogen (secondary N) is 1. The van der Waals surface area contributed by atoms with Crippen molar-refractivity contribution in [1.82, 2.24) is 25.0 Å². The fourth-order valence-electron chi connectivity index (χ4n) is 3.35. The lowest BCUT2D eigenvalue weighted by atomic mass is 9.97. The van der Waals surface area contributed by atoms with E-state index in [1.807, 2.05) is 5.38 Å². The third-order valence-corrected chi connectivity index (χ3v) is 7.02. The maximum absolute atomic E-state index is 13.7. The summed E-state index contributed by atoms with van der Waals surface area (Å²) in [5, 5.41) is 6.52. The first-order valence-electron chi connectivity index (χ1n) is 10.2. The Labute approximate surface area is 195 Å². The van der Waals surface area contributed by atoms with E-state index in [1.165, 1.54) is 17.4 Å². The van der Waals surface area contributed by atoms with Gasteiger partial charge in [0.05, 0.1) is 23.6 Å². The van der Waals surface area contributed by atoms with Crippen LogP contribution in [0.2, 0.25) is 0 Å². The Morgan fingerprint density at radius 3 is 2.94 bits per heavy atom. The number of aromatic amines is 1. The Balaban J connectivity index is 1.31. The number of aromatic nitrogens is 4. The number of carbonyl (C=O) groups is 2. The molecule has 1 N–H and O–H groups in total. The SMILES string of the molecule is CCOC(=O)c1cc(-c2csc(C3CCN(C(=O)CSc4[nH]c(=O)ncc4F)CC3)n2)on1. The van der Waals surface area contributed by atoms with E-state index < -0.39 is 17.5 Å². The molecule has 1 fully saturated rings. The molecule has 3 aromatic heterocycles. The summed E-state index contributed by atoms with van der Waals surface area (Å²) >= 11 is 2.44. The minimum Gasteiger partial charge on any atom is -0.461 e. The van der Waals surface area contributed by atoms with E-state index in [-0.39, 0.29) is 34.9 Å². The van der Waals surface area contributed by atoms with Crippen molar-refractivity contribution in [2.75, 3.05) is 25.4 Å². The summed E-state index contributed by atoms with van der Waals surface area (Å²) in [5.74, 6) is -0.711. The zero-order chi connectivity index (χ0) is 23.4. The Morgan fingerprint density at radius 1 is 1.39 bits per heavy atom. The van der Waals surface area contributed by atoms with Crippen LogP contribution in [0.1, 0.15) is 41.2 Å². The number of nitrogens with zero attached hydrogens (tertiary/aromatic N) is 4. The van der Waals surface area contributed by atoms with Crippen LogP contribution in [0.4, 0.5) is 4.39 Å². The molecule has 0 saturated carbocycles. The van der Waals surface area contributed by atoms with Crippen LogP contribution in [0.5, 0.6) is 0 Å². The fourth-order valence-corrected chi connectivity index (χ4v) is 5.14. The van der Waals surface area contributed by atoms with Crippen molar-refractivity contribution in [3.05, 3.63) is 44.6 Å². The van der Waals surface area contributed by atoms with Gasteiger partial charge in [0.2, 0.25) is 5.91 Å². The van der Waals surface area contributed by atoms with Crippen LogP contribution in [0.25, 0.3) is 11.5 Å². The summed E-state index contributed by atoms with van der Waals surface area (Å²) in [7, 11) is 0. The second kappa shape index (κ2) is 10.3. The first-order valence-corrected chi connectivity index (χ1v) is 12.1. The van der Waals surface area contributed by atoms with Gasteiger partial charge in [0.1, 0.15) is 10.7 Å². The van der Waals surface area contributed by atoms with E-state index >= 15 is 0 Å². The van der Waals surface area contributed by atoms with Crippen molar-refractivity contribution < 1.29 is 23.2 Å². The van der Waals surface area contributed by atoms with Crippen LogP contribution in [0.15, 0.2) is 32.0 Å². The molecule has 1 aliphatic heterocycles. The number of esters is 1. The van der Waals surface area contributed by atoms with Crippen LogP contribution in [-0.2, 0) is 9.53 Å². The Hall–Kier alpha value is -3.06. The number of rotatable bonds is 7. The summed E-state index contributed by atoms with van der Waals surface area (Å²) < 4.78 is 23.8. The molecule has 0 radical (unpaired) electrons. The minimum absolute atomic E-state index is 0.00656. The summed E-state index contributed by atoms with van der Waals surface area (Å²) in [6.07, 6.45) is 2.33. The smallest absolute Gasteiger partial charge is 0.360 e. The molecule has 4 heterocycles. The predicted molar refractivity (Wildman–Crippen MR) is 118 cm³/mol. The largest absolute Gasteiger partial charge is 0.461 e. The molecular weight excluding hydrogens is 473 g/mol. The van der Waals surface area contributed by atoms with Gasteiger partial charge in [-0.3, -0.25) is 9.78 Å².